The third kappa shape index (κ3) is 2.34. The van der Waals surface area contributed by atoms with Crippen molar-refractivity contribution >= 4 is 35.8 Å². The molecule has 1 fully saturated rings. The maximum absolute atomic E-state index is 5.99. The molecule has 1 heterocycles. The molecule has 1 aromatic carbocycles. The largest absolute Gasteiger partial charge is 0.494 e. The summed E-state index contributed by atoms with van der Waals surface area (Å²) in [6.45, 7) is 8.07. The Morgan fingerprint density at radius 3 is 1.94 bits per heavy atom. The van der Waals surface area contributed by atoms with E-state index in [2.05, 4.69) is 0 Å². The standard InChI is InChI=1S/C12H15BCl2O2/c1-11(2)12(3,4)17-13(16-11)8-5-6-9(14)10(15)7-8/h5-7H,1-4H3. The second-order valence-electron chi connectivity index (χ2n) is 5.26. The van der Waals surface area contributed by atoms with Crippen LogP contribution in [0, 0.1) is 0 Å². The number of halogens is 2. The molecule has 0 bridgehead atoms. The highest BCUT2D eigenvalue weighted by molar-refractivity contribution is 6.62. The second-order valence-corrected chi connectivity index (χ2v) is 6.08. The van der Waals surface area contributed by atoms with Crippen molar-refractivity contribution in [1.29, 1.82) is 0 Å². The summed E-state index contributed by atoms with van der Waals surface area (Å²) in [5.41, 5.74) is 0.200. The van der Waals surface area contributed by atoms with Gasteiger partial charge >= 0.3 is 7.12 Å². The molecule has 2 rings (SSSR count). The number of benzene rings is 1. The Balaban J connectivity index is 2.29. The van der Waals surface area contributed by atoms with Crippen LogP contribution < -0.4 is 5.46 Å². The van der Waals surface area contributed by atoms with Gasteiger partial charge < -0.3 is 9.31 Å². The van der Waals surface area contributed by atoms with Gasteiger partial charge in [0.05, 0.1) is 21.2 Å². The Kier molecular flexibility index (Phi) is 3.24. The van der Waals surface area contributed by atoms with Gasteiger partial charge in [-0.05, 0) is 45.3 Å². The summed E-state index contributed by atoms with van der Waals surface area (Å²) >= 11 is 11.9. The first-order valence-corrected chi connectivity index (χ1v) is 6.29. The molecule has 0 unspecified atom stereocenters. The molecule has 1 saturated heterocycles. The van der Waals surface area contributed by atoms with Gasteiger partial charge in [-0.25, -0.2) is 0 Å². The van der Waals surface area contributed by atoms with Crippen LogP contribution in [0.25, 0.3) is 0 Å². The van der Waals surface area contributed by atoms with Crippen molar-refractivity contribution in [1.82, 2.24) is 0 Å². The first kappa shape index (κ1) is 13.2. The van der Waals surface area contributed by atoms with E-state index in [4.69, 9.17) is 32.5 Å². The van der Waals surface area contributed by atoms with Crippen LogP contribution in [0.3, 0.4) is 0 Å². The van der Waals surface area contributed by atoms with Crippen LogP contribution in [0.4, 0.5) is 0 Å². The minimum Gasteiger partial charge on any atom is -0.399 e. The Morgan fingerprint density at radius 1 is 0.941 bits per heavy atom. The zero-order valence-electron chi connectivity index (χ0n) is 10.4. The highest BCUT2D eigenvalue weighted by Gasteiger charge is 2.51. The van der Waals surface area contributed by atoms with E-state index in [0.717, 1.165) is 5.46 Å². The summed E-state index contributed by atoms with van der Waals surface area (Å²) in [6, 6.07) is 5.41. The lowest BCUT2D eigenvalue weighted by Gasteiger charge is -2.32. The van der Waals surface area contributed by atoms with Crippen molar-refractivity contribution < 1.29 is 9.31 Å². The van der Waals surface area contributed by atoms with Crippen molar-refractivity contribution in [2.45, 2.75) is 38.9 Å². The molecule has 92 valence electrons. The number of rotatable bonds is 1. The molecule has 0 aliphatic carbocycles. The van der Waals surface area contributed by atoms with Gasteiger partial charge in [0, 0.05) is 0 Å². The van der Waals surface area contributed by atoms with E-state index in [1.807, 2.05) is 33.8 Å². The van der Waals surface area contributed by atoms with E-state index in [1.54, 1.807) is 12.1 Å². The lowest BCUT2D eigenvalue weighted by molar-refractivity contribution is 0.00578. The molecule has 5 heteroatoms. The molecule has 0 N–H and O–H groups in total. The molecule has 1 aliphatic heterocycles. The van der Waals surface area contributed by atoms with Crippen molar-refractivity contribution in [2.75, 3.05) is 0 Å². The zero-order chi connectivity index (χ0) is 12.8. The van der Waals surface area contributed by atoms with E-state index in [0.29, 0.717) is 10.0 Å². The molecule has 0 saturated carbocycles. The second kappa shape index (κ2) is 4.16. The van der Waals surface area contributed by atoms with Gasteiger partial charge in [0.15, 0.2) is 0 Å². The Hall–Kier alpha value is -0.215. The van der Waals surface area contributed by atoms with Crippen molar-refractivity contribution in [3.05, 3.63) is 28.2 Å². The molecule has 1 aromatic rings. The molecule has 0 atom stereocenters. The fraction of sp³-hybridized carbons (Fsp3) is 0.500. The van der Waals surface area contributed by atoms with Crippen LogP contribution >= 0.6 is 23.2 Å². The van der Waals surface area contributed by atoms with E-state index >= 15 is 0 Å². The molecule has 0 spiro atoms. The Morgan fingerprint density at radius 2 is 1.47 bits per heavy atom. The fourth-order valence-electron chi connectivity index (χ4n) is 1.64. The van der Waals surface area contributed by atoms with Gasteiger partial charge in [-0.1, -0.05) is 29.3 Å². The predicted molar refractivity (Wildman–Crippen MR) is 72.2 cm³/mol. The average molecular weight is 273 g/mol. The topological polar surface area (TPSA) is 18.5 Å². The first-order valence-electron chi connectivity index (χ1n) is 5.53. The zero-order valence-corrected chi connectivity index (χ0v) is 11.9. The quantitative estimate of drug-likeness (QED) is 0.731. The van der Waals surface area contributed by atoms with Crippen molar-refractivity contribution in [2.24, 2.45) is 0 Å². The predicted octanol–water partition coefficient (Wildman–Crippen LogP) is 3.29. The Labute approximate surface area is 112 Å². The monoisotopic (exact) mass is 272 g/mol. The average Bonchev–Trinajstić information content (AvgIpc) is 2.41. The van der Waals surface area contributed by atoms with Gasteiger partial charge in [0.25, 0.3) is 0 Å². The maximum Gasteiger partial charge on any atom is 0.494 e. The van der Waals surface area contributed by atoms with E-state index in [1.165, 1.54) is 0 Å². The summed E-state index contributed by atoms with van der Waals surface area (Å²) in [4.78, 5) is 0. The molecule has 2 nitrogen and oxygen atoms in total. The molecule has 0 radical (unpaired) electrons. The van der Waals surface area contributed by atoms with Crippen LogP contribution in [0.1, 0.15) is 27.7 Å². The third-order valence-electron chi connectivity index (χ3n) is 3.47. The number of hydrogen-bond donors (Lipinski definition) is 0. The molecule has 0 aromatic heterocycles. The van der Waals surface area contributed by atoms with Crippen LogP contribution in [0.5, 0.6) is 0 Å². The minimum atomic E-state index is -0.394. The van der Waals surface area contributed by atoms with Crippen LogP contribution in [0.2, 0.25) is 10.0 Å². The van der Waals surface area contributed by atoms with Crippen LogP contribution in [0.15, 0.2) is 18.2 Å². The highest BCUT2D eigenvalue weighted by atomic mass is 35.5. The molecule has 1 aliphatic rings. The SMILES string of the molecule is CC1(C)OB(c2ccc(Cl)c(Cl)c2)OC1(C)C. The molecular weight excluding hydrogens is 258 g/mol. The van der Waals surface area contributed by atoms with Gasteiger partial charge in [0.2, 0.25) is 0 Å². The summed E-state index contributed by atoms with van der Waals surface area (Å²) in [6.07, 6.45) is 0. The van der Waals surface area contributed by atoms with E-state index < -0.39 is 7.12 Å². The van der Waals surface area contributed by atoms with E-state index in [-0.39, 0.29) is 11.2 Å². The summed E-state index contributed by atoms with van der Waals surface area (Å²) in [5, 5.41) is 1.05. The summed E-state index contributed by atoms with van der Waals surface area (Å²) in [5.74, 6) is 0. The van der Waals surface area contributed by atoms with Gasteiger partial charge in [-0.2, -0.15) is 0 Å². The number of hydrogen-bond acceptors (Lipinski definition) is 2. The summed E-state index contributed by atoms with van der Waals surface area (Å²) in [7, 11) is -0.394. The lowest BCUT2D eigenvalue weighted by Crippen LogP contribution is -2.41. The first-order chi connectivity index (χ1) is 7.73. The normalized spacial score (nSPS) is 21.9. The fourth-order valence-corrected chi connectivity index (χ4v) is 1.94. The lowest BCUT2D eigenvalue weighted by atomic mass is 9.79. The van der Waals surface area contributed by atoms with Gasteiger partial charge in [0.1, 0.15) is 0 Å². The summed E-state index contributed by atoms with van der Waals surface area (Å²) < 4.78 is 11.8. The van der Waals surface area contributed by atoms with E-state index in [9.17, 15) is 0 Å². The van der Waals surface area contributed by atoms with Gasteiger partial charge in [-0.15, -0.1) is 0 Å². The highest BCUT2D eigenvalue weighted by Crippen LogP contribution is 2.36. The molecule has 0 amide bonds. The minimum absolute atomic E-state index is 0.343. The van der Waals surface area contributed by atoms with Crippen LogP contribution in [-0.2, 0) is 9.31 Å². The van der Waals surface area contributed by atoms with Crippen molar-refractivity contribution in [3.8, 4) is 0 Å². The molecular formula is C12H15BCl2O2. The van der Waals surface area contributed by atoms with Crippen molar-refractivity contribution in [3.63, 3.8) is 0 Å². The smallest absolute Gasteiger partial charge is 0.399 e. The van der Waals surface area contributed by atoms with Crippen LogP contribution in [-0.4, -0.2) is 18.3 Å². The Bertz CT molecular complexity index is 430. The molecule has 17 heavy (non-hydrogen) atoms. The third-order valence-corrected chi connectivity index (χ3v) is 4.21. The maximum atomic E-state index is 5.99. The van der Waals surface area contributed by atoms with Gasteiger partial charge in [-0.3, -0.25) is 0 Å².